The van der Waals surface area contributed by atoms with E-state index < -0.39 is 0 Å². The second-order valence-corrected chi connectivity index (χ2v) is 4.95. The van der Waals surface area contributed by atoms with Crippen LogP contribution >= 0.6 is 0 Å². The van der Waals surface area contributed by atoms with Crippen LogP contribution in [0.1, 0.15) is 39.0 Å². The van der Waals surface area contributed by atoms with Crippen LogP contribution in [0.4, 0.5) is 0 Å². The zero-order valence-electron chi connectivity index (χ0n) is 9.87. The Labute approximate surface area is 96.4 Å². The molecule has 0 bridgehead atoms. The summed E-state index contributed by atoms with van der Waals surface area (Å²) >= 11 is 0. The van der Waals surface area contributed by atoms with E-state index in [4.69, 9.17) is 0 Å². The average molecular weight is 224 g/mol. The molecule has 4 nitrogen and oxygen atoms in total. The van der Waals surface area contributed by atoms with E-state index >= 15 is 0 Å². The van der Waals surface area contributed by atoms with E-state index in [1.165, 1.54) is 19.3 Å². The molecule has 0 aromatic carbocycles. The molecule has 0 radical (unpaired) electrons. The molecule has 1 atom stereocenters. The minimum Gasteiger partial charge on any atom is -0.345 e. The van der Waals surface area contributed by atoms with Crippen molar-refractivity contribution in [1.82, 2.24) is 10.2 Å². The highest BCUT2D eigenvalue weighted by atomic mass is 16.2. The quantitative estimate of drug-likeness (QED) is 0.771. The molecule has 16 heavy (non-hydrogen) atoms. The number of rotatable bonds is 4. The molecule has 1 N–H and O–H groups in total. The van der Waals surface area contributed by atoms with Crippen LogP contribution in [0, 0.1) is 5.92 Å². The van der Waals surface area contributed by atoms with Crippen LogP contribution in [-0.4, -0.2) is 35.8 Å². The van der Waals surface area contributed by atoms with Gasteiger partial charge in [0.25, 0.3) is 0 Å². The molecule has 1 unspecified atom stereocenters. The lowest BCUT2D eigenvalue weighted by Crippen LogP contribution is -2.42. The summed E-state index contributed by atoms with van der Waals surface area (Å²) in [5.41, 5.74) is 0. The number of nitrogens with zero attached hydrogens (tertiary/aromatic N) is 1. The molecule has 90 valence electrons. The van der Waals surface area contributed by atoms with Gasteiger partial charge in [0.1, 0.15) is 6.04 Å². The smallest absolute Gasteiger partial charge is 0.244 e. The number of carbonyl (C=O) groups excluding carboxylic acids is 2. The molecule has 1 saturated carbocycles. The van der Waals surface area contributed by atoms with Crippen molar-refractivity contribution in [1.29, 1.82) is 0 Å². The van der Waals surface area contributed by atoms with E-state index in [2.05, 4.69) is 5.32 Å². The van der Waals surface area contributed by atoms with Gasteiger partial charge >= 0.3 is 0 Å². The second kappa shape index (κ2) is 4.85. The van der Waals surface area contributed by atoms with Gasteiger partial charge in [-0.3, -0.25) is 9.59 Å². The highest BCUT2D eigenvalue weighted by Crippen LogP contribution is 2.33. The van der Waals surface area contributed by atoms with Gasteiger partial charge in [-0.05, 0) is 25.7 Å². The molecule has 1 aliphatic carbocycles. The monoisotopic (exact) mass is 224 g/mol. The summed E-state index contributed by atoms with van der Waals surface area (Å²) in [6.45, 7) is 3.16. The van der Waals surface area contributed by atoms with Crippen molar-refractivity contribution in [2.75, 3.05) is 13.1 Å². The fourth-order valence-electron chi connectivity index (χ4n) is 2.20. The Morgan fingerprint density at radius 3 is 2.81 bits per heavy atom. The predicted octanol–water partition coefficient (Wildman–Crippen LogP) is 0.914. The third-order valence-electron chi connectivity index (χ3n) is 3.41. The fourth-order valence-corrected chi connectivity index (χ4v) is 2.20. The number of hydrogen-bond donors (Lipinski definition) is 1. The van der Waals surface area contributed by atoms with E-state index in [0.717, 1.165) is 18.9 Å². The van der Waals surface area contributed by atoms with Gasteiger partial charge in [0.15, 0.2) is 0 Å². The van der Waals surface area contributed by atoms with Crippen molar-refractivity contribution in [3.05, 3.63) is 0 Å². The van der Waals surface area contributed by atoms with Gasteiger partial charge in [-0.1, -0.05) is 12.8 Å². The molecule has 2 fully saturated rings. The Morgan fingerprint density at radius 1 is 1.38 bits per heavy atom. The normalized spacial score (nSPS) is 26.6. The van der Waals surface area contributed by atoms with E-state index in [1.54, 1.807) is 6.92 Å². The van der Waals surface area contributed by atoms with Gasteiger partial charge in [-0.25, -0.2) is 0 Å². The Balaban J connectivity index is 1.80. The van der Waals surface area contributed by atoms with Gasteiger partial charge < -0.3 is 10.2 Å². The lowest BCUT2D eigenvalue weighted by Gasteiger charge is -2.22. The summed E-state index contributed by atoms with van der Waals surface area (Å²) in [6.07, 6.45) is 5.49. The fraction of sp³-hybridized carbons (Fsp3) is 0.833. The van der Waals surface area contributed by atoms with Crippen molar-refractivity contribution in [3.8, 4) is 0 Å². The summed E-state index contributed by atoms with van der Waals surface area (Å²) < 4.78 is 0. The van der Waals surface area contributed by atoms with Gasteiger partial charge in [0.2, 0.25) is 11.8 Å². The summed E-state index contributed by atoms with van der Waals surface area (Å²) in [5.74, 6) is 0.978. The first kappa shape index (κ1) is 11.4. The summed E-state index contributed by atoms with van der Waals surface area (Å²) in [5, 5.41) is 2.70. The predicted molar refractivity (Wildman–Crippen MR) is 60.8 cm³/mol. The van der Waals surface area contributed by atoms with Crippen LogP contribution in [-0.2, 0) is 9.59 Å². The third kappa shape index (κ3) is 2.97. The highest BCUT2D eigenvalue weighted by Gasteiger charge is 2.27. The number of amides is 2. The lowest BCUT2D eigenvalue weighted by atomic mass is 10.2. The molecule has 2 rings (SSSR count). The molecule has 2 amide bonds. The molecule has 4 heteroatoms. The topological polar surface area (TPSA) is 49.4 Å². The van der Waals surface area contributed by atoms with E-state index in [-0.39, 0.29) is 17.9 Å². The molecule has 1 saturated heterocycles. The molecule has 2 aliphatic rings. The Morgan fingerprint density at radius 2 is 2.12 bits per heavy atom. The molecule has 0 spiro atoms. The Kier molecular flexibility index (Phi) is 3.46. The van der Waals surface area contributed by atoms with Gasteiger partial charge in [-0.15, -0.1) is 0 Å². The van der Waals surface area contributed by atoms with Crippen molar-refractivity contribution in [3.63, 3.8) is 0 Å². The minimum absolute atomic E-state index is 0.00876. The summed E-state index contributed by atoms with van der Waals surface area (Å²) in [4.78, 5) is 25.0. The van der Waals surface area contributed by atoms with Crippen LogP contribution in [0.5, 0.6) is 0 Å². The molecule has 0 aromatic heterocycles. The van der Waals surface area contributed by atoms with E-state index in [0.29, 0.717) is 13.0 Å². The molecular weight excluding hydrogens is 204 g/mol. The molecular formula is C12H20N2O2. The van der Waals surface area contributed by atoms with E-state index in [1.807, 2.05) is 4.90 Å². The standard InChI is InChI=1S/C12H20N2O2/c1-9-12(16)14(8-6-11(15)13-9)7-2-3-10-4-5-10/h9-10H,2-8H2,1H3,(H,13,15). The lowest BCUT2D eigenvalue weighted by molar-refractivity contribution is -0.133. The van der Waals surface area contributed by atoms with Gasteiger partial charge in [0, 0.05) is 19.5 Å². The van der Waals surface area contributed by atoms with Crippen molar-refractivity contribution in [2.24, 2.45) is 5.92 Å². The average Bonchev–Trinajstić information content (AvgIpc) is 3.05. The van der Waals surface area contributed by atoms with Gasteiger partial charge in [-0.2, -0.15) is 0 Å². The zero-order chi connectivity index (χ0) is 11.5. The Hall–Kier alpha value is -1.06. The second-order valence-electron chi connectivity index (χ2n) is 4.95. The number of carbonyl (C=O) groups is 2. The first-order valence-corrected chi connectivity index (χ1v) is 6.25. The van der Waals surface area contributed by atoms with Crippen LogP contribution in [0.2, 0.25) is 0 Å². The molecule has 0 aromatic rings. The minimum atomic E-state index is -0.351. The van der Waals surface area contributed by atoms with Crippen LogP contribution < -0.4 is 5.32 Å². The number of hydrogen-bond acceptors (Lipinski definition) is 2. The summed E-state index contributed by atoms with van der Waals surface area (Å²) in [7, 11) is 0. The Bertz CT molecular complexity index is 287. The van der Waals surface area contributed by atoms with Crippen LogP contribution in [0.25, 0.3) is 0 Å². The largest absolute Gasteiger partial charge is 0.345 e. The highest BCUT2D eigenvalue weighted by molar-refractivity contribution is 5.89. The van der Waals surface area contributed by atoms with Crippen molar-refractivity contribution < 1.29 is 9.59 Å². The van der Waals surface area contributed by atoms with Gasteiger partial charge in [0.05, 0.1) is 0 Å². The van der Waals surface area contributed by atoms with Crippen LogP contribution in [0.3, 0.4) is 0 Å². The van der Waals surface area contributed by atoms with E-state index in [9.17, 15) is 9.59 Å². The maximum atomic E-state index is 11.9. The van der Waals surface area contributed by atoms with Crippen molar-refractivity contribution >= 4 is 11.8 Å². The SMILES string of the molecule is CC1NC(=O)CCN(CCCC2CC2)C1=O. The third-order valence-corrected chi connectivity index (χ3v) is 3.41. The summed E-state index contributed by atoms with van der Waals surface area (Å²) in [6, 6.07) is -0.351. The first-order valence-electron chi connectivity index (χ1n) is 6.25. The number of nitrogens with one attached hydrogen (secondary N) is 1. The molecule has 1 heterocycles. The van der Waals surface area contributed by atoms with Crippen molar-refractivity contribution in [2.45, 2.75) is 45.1 Å². The zero-order valence-corrected chi connectivity index (χ0v) is 9.87. The van der Waals surface area contributed by atoms with Crippen LogP contribution in [0.15, 0.2) is 0 Å². The maximum absolute atomic E-state index is 11.9. The maximum Gasteiger partial charge on any atom is 0.244 e. The first-order chi connectivity index (χ1) is 7.66. The molecule has 1 aliphatic heterocycles.